The zero-order valence-corrected chi connectivity index (χ0v) is 17.2. The lowest BCUT2D eigenvalue weighted by Crippen LogP contribution is -2.34. The van der Waals surface area contributed by atoms with E-state index in [1.807, 2.05) is 13.8 Å². The highest BCUT2D eigenvalue weighted by atomic mass is 35.5. The third-order valence-corrected chi connectivity index (χ3v) is 4.60. The Balaban J connectivity index is 1.69. The lowest BCUT2D eigenvalue weighted by molar-refractivity contribution is -0.136. The van der Waals surface area contributed by atoms with E-state index in [2.05, 4.69) is 5.32 Å². The Kier molecular flexibility index (Phi) is 6.74. The van der Waals surface area contributed by atoms with Gasteiger partial charge in [-0.15, -0.1) is 0 Å². The van der Waals surface area contributed by atoms with Crippen molar-refractivity contribution in [1.29, 1.82) is 0 Å². The highest BCUT2D eigenvalue weighted by Gasteiger charge is 2.16. The first-order valence-electron chi connectivity index (χ1n) is 9.33. The number of halogens is 1. The van der Waals surface area contributed by atoms with E-state index < -0.39 is 17.5 Å². The second-order valence-electron chi connectivity index (χ2n) is 6.65. The van der Waals surface area contributed by atoms with Crippen LogP contribution in [0.4, 0.5) is 0 Å². The summed E-state index contributed by atoms with van der Waals surface area (Å²) in [5.74, 6) is -0.456. The van der Waals surface area contributed by atoms with E-state index in [0.717, 1.165) is 6.42 Å². The molecule has 1 aromatic heterocycles. The van der Waals surface area contributed by atoms with Gasteiger partial charge in [0.05, 0.1) is 0 Å². The van der Waals surface area contributed by atoms with Gasteiger partial charge in [0, 0.05) is 22.5 Å². The molecular formula is C22H20ClNO6. The SMILES string of the molecule is CCC(C)NC(=O)c1cc2ccc(OC(=O)COc3ccc(Cl)cc3)cc2oc1=O. The van der Waals surface area contributed by atoms with Crippen LogP contribution in [-0.2, 0) is 4.79 Å². The Bertz CT molecular complexity index is 1120. The van der Waals surface area contributed by atoms with Gasteiger partial charge < -0.3 is 19.2 Å². The number of carbonyl (C=O) groups is 2. The number of rotatable bonds is 7. The van der Waals surface area contributed by atoms with E-state index in [9.17, 15) is 14.4 Å². The van der Waals surface area contributed by atoms with Crippen LogP contribution in [0.2, 0.25) is 5.02 Å². The molecule has 3 aromatic rings. The zero-order valence-electron chi connectivity index (χ0n) is 16.4. The van der Waals surface area contributed by atoms with E-state index in [1.165, 1.54) is 12.1 Å². The molecule has 0 aliphatic rings. The number of benzene rings is 2. The van der Waals surface area contributed by atoms with Gasteiger partial charge in [0.1, 0.15) is 22.6 Å². The van der Waals surface area contributed by atoms with E-state index in [1.54, 1.807) is 36.4 Å². The highest BCUT2D eigenvalue weighted by molar-refractivity contribution is 6.30. The van der Waals surface area contributed by atoms with Gasteiger partial charge in [-0.25, -0.2) is 9.59 Å². The number of hydrogen-bond acceptors (Lipinski definition) is 6. The average Bonchev–Trinajstić information content (AvgIpc) is 2.72. The van der Waals surface area contributed by atoms with E-state index >= 15 is 0 Å². The van der Waals surface area contributed by atoms with Crippen molar-refractivity contribution < 1.29 is 23.5 Å². The fourth-order valence-electron chi connectivity index (χ4n) is 2.55. The quantitative estimate of drug-likeness (QED) is 0.347. The first-order chi connectivity index (χ1) is 14.4. The summed E-state index contributed by atoms with van der Waals surface area (Å²) in [6.45, 7) is 3.47. The summed E-state index contributed by atoms with van der Waals surface area (Å²) >= 11 is 5.80. The minimum absolute atomic E-state index is 0.0653. The molecule has 0 spiro atoms. The van der Waals surface area contributed by atoms with Gasteiger partial charge in [-0.2, -0.15) is 0 Å². The Morgan fingerprint density at radius 2 is 1.80 bits per heavy atom. The summed E-state index contributed by atoms with van der Waals surface area (Å²) in [7, 11) is 0. The summed E-state index contributed by atoms with van der Waals surface area (Å²) in [4.78, 5) is 36.4. The summed E-state index contributed by atoms with van der Waals surface area (Å²) in [6.07, 6.45) is 0.737. The van der Waals surface area contributed by atoms with Gasteiger partial charge in [-0.1, -0.05) is 18.5 Å². The molecule has 0 saturated carbocycles. The van der Waals surface area contributed by atoms with E-state index in [0.29, 0.717) is 16.2 Å². The average molecular weight is 430 g/mol. The number of nitrogens with one attached hydrogen (secondary N) is 1. The van der Waals surface area contributed by atoms with Crippen LogP contribution in [0, 0.1) is 0 Å². The second-order valence-corrected chi connectivity index (χ2v) is 7.08. The largest absolute Gasteiger partial charge is 0.482 e. The number of esters is 1. The summed E-state index contributed by atoms with van der Waals surface area (Å²) < 4.78 is 15.8. The predicted molar refractivity (Wildman–Crippen MR) is 112 cm³/mol. The number of fused-ring (bicyclic) bond motifs is 1. The molecule has 3 rings (SSSR count). The Morgan fingerprint density at radius 1 is 1.10 bits per heavy atom. The van der Waals surface area contributed by atoms with Crippen LogP contribution in [0.3, 0.4) is 0 Å². The third-order valence-electron chi connectivity index (χ3n) is 4.34. The molecule has 0 aliphatic heterocycles. The Labute approximate surface area is 177 Å². The molecule has 7 nitrogen and oxygen atoms in total. The molecule has 0 fully saturated rings. The van der Waals surface area contributed by atoms with Crippen molar-refractivity contribution in [2.24, 2.45) is 0 Å². The lowest BCUT2D eigenvalue weighted by Gasteiger charge is -2.11. The fraction of sp³-hybridized carbons (Fsp3) is 0.227. The van der Waals surface area contributed by atoms with Gasteiger partial charge in [0.2, 0.25) is 0 Å². The molecule has 156 valence electrons. The number of hydrogen-bond donors (Lipinski definition) is 1. The van der Waals surface area contributed by atoms with Crippen molar-refractivity contribution in [3.05, 3.63) is 69.5 Å². The van der Waals surface area contributed by atoms with E-state index in [-0.39, 0.29) is 29.5 Å². The maximum Gasteiger partial charge on any atom is 0.349 e. The number of ether oxygens (including phenoxy) is 2. The molecule has 0 aliphatic carbocycles. The molecule has 30 heavy (non-hydrogen) atoms. The summed E-state index contributed by atoms with van der Waals surface area (Å²) in [5.41, 5.74) is -0.647. The molecule has 1 atom stereocenters. The van der Waals surface area contributed by atoms with Crippen LogP contribution >= 0.6 is 11.6 Å². The summed E-state index contributed by atoms with van der Waals surface area (Å²) in [5, 5.41) is 3.82. The van der Waals surface area contributed by atoms with Crippen LogP contribution in [0.5, 0.6) is 11.5 Å². The number of carbonyl (C=O) groups excluding carboxylic acids is 2. The van der Waals surface area contributed by atoms with Gasteiger partial charge >= 0.3 is 11.6 Å². The van der Waals surface area contributed by atoms with Crippen molar-refractivity contribution in [3.63, 3.8) is 0 Å². The zero-order chi connectivity index (χ0) is 21.7. The standard InChI is InChI=1S/C22H20ClNO6/c1-3-13(2)24-21(26)18-10-14-4-7-17(11-19(14)30-22(18)27)29-20(25)12-28-16-8-5-15(23)6-9-16/h4-11,13H,3,12H2,1-2H3,(H,24,26). The van der Waals surface area contributed by atoms with Crippen LogP contribution in [0.15, 0.2) is 57.7 Å². The van der Waals surface area contributed by atoms with Gasteiger partial charge in [0.25, 0.3) is 5.91 Å². The maximum absolute atomic E-state index is 12.2. The summed E-state index contributed by atoms with van der Waals surface area (Å²) in [6, 6.07) is 12.5. The molecule has 1 amide bonds. The molecule has 2 aromatic carbocycles. The van der Waals surface area contributed by atoms with Crippen LogP contribution < -0.4 is 20.4 Å². The fourth-order valence-corrected chi connectivity index (χ4v) is 2.68. The molecule has 1 unspecified atom stereocenters. The minimum atomic E-state index is -0.766. The number of amides is 1. The molecule has 0 saturated heterocycles. The monoisotopic (exact) mass is 429 g/mol. The molecule has 1 N–H and O–H groups in total. The van der Waals surface area contributed by atoms with Gasteiger partial charge in [-0.3, -0.25) is 4.79 Å². The predicted octanol–water partition coefficient (Wildman–Crippen LogP) is 3.96. The van der Waals surface area contributed by atoms with Crippen molar-refractivity contribution in [2.45, 2.75) is 26.3 Å². The smallest absolute Gasteiger partial charge is 0.349 e. The molecule has 0 bridgehead atoms. The van der Waals surface area contributed by atoms with Gasteiger partial charge in [0.15, 0.2) is 6.61 Å². The van der Waals surface area contributed by atoms with Gasteiger partial charge in [-0.05, 0) is 55.8 Å². The highest BCUT2D eigenvalue weighted by Crippen LogP contribution is 2.21. The molecule has 1 heterocycles. The topological polar surface area (TPSA) is 94.8 Å². The van der Waals surface area contributed by atoms with Crippen molar-refractivity contribution in [1.82, 2.24) is 5.32 Å². The normalized spacial score (nSPS) is 11.7. The Morgan fingerprint density at radius 3 is 2.50 bits per heavy atom. The minimum Gasteiger partial charge on any atom is -0.482 e. The van der Waals surface area contributed by atoms with Crippen molar-refractivity contribution in [3.8, 4) is 11.5 Å². The van der Waals surface area contributed by atoms with Crippen molar-refractivity contribution >= 4 is 34.4 Å². The van der Waals surface area contributed by atoms with Crippen LogP contribution in [-0.4, -0.2) is 24.5 Å². The second kappa shape index (κ2) is 9.45. The van der Waals surface area contributed by atoms with E-state index in [4.69, 9.17) is 25.5 Å². The molecule has 0 radical (unpaired) electrons. The molecular weight excluding hydrogens is 410 g/mol. The van der Waals surface area contributed by atoms with Crippen LogP contribution in [0.25, 0.3) is 11.0 Å². The Hall–Kier alpha value is -3.32. The molecule has 8 heteroatoms. The first kappa shape index (κ1) is 21.4. The lowest BCUT2D eigenvalue weighted by atomic mass is 10.1. The first-order valence-corrected chi connectivity index (χ1v) is 9.71. The maximum atomic E-state index is 12.2. The van der Waals surface area contributed by atoms with Crippen molar-refractivity contribution in [2.75, 3.05) is 6.61 Å². The van der Waals surface area contributed by atoms with Crippen LogP contribution in [0.1, 0.15) is 30.6 Å². The third kappa shape index (κ3) is 5.39.